The average Bonchev–Trinajstić information content (AvgIpc) is 3.11. The van der Waals surface area contributed by atoms with Gasteiger partial charge in [0, 0.05) is 11.1 Å². The number of carbonyl (C=O) groups is 2. The zero-order valence-corrected chi connectivity index (χ0v) is 18.7. The molecule has 0 atom stereocenters. The van der Waals surface area contributed by atoms with E-state index in [9.17, 15) is 9.59 Å². The standard InChI is InChI=1S/C21H27N5O2S/c1-12-8-10-13(11-9-12)17(27)23-19-22-16-15(29-19)14(18(28)24-20(2,3)4)25-26(16)21(5,6)7/h8-11H,1-7H3,(H,24,28)(H,22,23,27). The normalized spacial score (nSPS) is 12.2. The van der Waals surface area contributed by atoms with Crippen LogP contribution in [0.4, 0.5) is 5.13 Å². The van der Waals surface area contributed by atoms with Crippen molar-refractivity contribution in [2.75, 3.05) is 5.32 Å². The van der Waals surface area contributed by atoms with E-state index < -0.39 is 0 Å². The van der Waals surface area contributed by atoms with Gasteiger partial charge < -0.3 is 5.32 Å². The molecule has 0 aliphatic carbocycles. The highest BCUT2D eigenvalue weighted by atomic mass is 32.1. The molecule has 0 saturated carbocycles. The highest BCUT2D eigenvalue weighted by molar-refractivity contribution is 7.22. The van der Waals surface area contributed by atoms with Gasteiger partial charge in [0.15, 0.2) is 16.5 Å². The minimum Gasteiger partial charge on any atom is -0.346 e. The number of benzene rings is 1. The molecule has 0 bridgehead atoms. The van der Waals surface area contributed by atoms with Crippen LogP contribution < -0.4 is 10.6 Å². The van der Waals surface area contributed by atoms with Crippen LogP contribution in [0.15, 0.2) is 24.3 Å². The lowest BCUT2D eigenvalue weighted by Crippen LogP contribution is -2.41. The van der Waals surface area contributed by atoms with E-state index in [1.54, 1.807) is 16.8 Å². The van der Waals surface area contributed by atoms with Crippen LogP contribution in [0.5, 0.6) is 0 Å². The molecular formula is C21H27N5O2S. The minimum absolute atomic E-state index is 0.239. The SMILES string of the molecule is Cc1ccc(C(=O)Nc2nc3c(s2)c(C(=O)NC(C)(C)C)nn3C(C)(C)C)cc1. The number of amides is 2. The second kappa shape index (κ2) is 7.26. The summed E-state index contributed by atoms with van der Waals surface area (Å²) in [6, 6.07) is 7.33. The zero-order valence-electron chi connectivity index (χ0n) is 17.9. The maximum absolute atomic E-state index is 12.8. The summed E-state index contributed by atoms with van der Waals surface area (Å²) < 4.78 is 2.39. The predicted octanol–water partition coefficient (Wildman–Crippen LogP) is 4.34. The van der Waals surface area contributed by atoms with E-state index in [4.69, 9.17) is 0 Å². The molecule has 154 valence electrons. The lowest BCUT2D eigenvalue weighted by molar-refractivity contribution is 0.0914. The van der Waals surface area contributed by atoms with Crippen molar-refractivity contribution in [1.82, 2.24) is 20.1 Å². The summed E-state index contributed by atoms with van der Waals surface area (Å²) in [6.07, 6.45) is 0. The third-order valence-corrected chi connectivity index (χ3v) is 5.06. The molecule has 0 fully saturated rings. The first kappa shape index (κ1) is 21.0. The van der Waals surface area contributed by atoms with Crippen LogP contribution in [-0.2, 0) is 5.54 Å². The molecule has 7 nitrogen and oxygen atoms in total. The van der Waals surface area contributed by atoms with Gasteiger partial charge in [-0.05, 0) is 60.6 Å². The molecule has 0 spiro atoms. The van der Waals surface area contributed by atoms with Gasteiger partial charge in [-0.2, -0.15) is 10.1 Å². The number of hydrogen-bond acceptors (Lipinski definition) is 5. The molecule has 0 unspecified atom stereocenters. The predicted molar refractivity (Wildman–Crippen MR) is 117 cm³/mol. The topological polar surface area (TPSA) is 88.9 Å². The lowest BCUT2D eigenvalue weighted by atomic mass is 10.1. The summed E-state index contributed by atoms with van der Waals surface area (Å²) in [5, 5.41) is 10.8. The molecule has 29 heavy (non-hydrogen) atoms. The first-order valence-electron chi connectivity index (χ1n) is 9.46. The van der Waals surface area contributed by atoms with Gasteiger partial charge in [-0.15, -0.1) is 0 Å². The Bertz CT molecular complexity index is 1070. The van der Waals surface area contributed by atoms with Crippen molar-refractivity contribution in [3.63, 3.8) is 0 Å². The second-order valence-electron chi connectivity index (χ2n) is 9.13. The Hall–Kier alpha value is -2.74. The number of nitrogens with one attached hydrogen (secondary N) is 2. The van der Waals surface area contributed by atoms with E-state index in [0.29, 0.717) is 26.7 Å². The van der Waals surface area contributed by atoms with Crippen molar-refractivity contribution in [2.24, 2.45) is 0 Å². The summed E-state index contributed by atoms with van der Waals surface area (Å²) >= 11 is 1.25. The number of aromatic nitrogens is 3. The second-order valence-corrected chi connectivity index (χ2v) is 10.1. The Balaban J connectivity index is 1.99. The Morgan fingerprint density at radius 2 is 1.62 bits per heavy atom. The van der Waals surface area contributed by atoms with Gasteiger partial charge >= 0.3 is 0 Å². The number of anilines is 1. The highest BCUT2D eigenvalue weighted by Crippen LogP contribution is 2.32. The van der Waals surface area contributed by atoms with Crippen molar-refractivity contribution < 1.29 is 9.59 Å². The van der Waals surface area contributed by atoms with Crippen LogP contribution in [0.1, 0.15) is 68.0 Å². The van der Waals surface area contributed by atoms with Crippen molar-refractivity contribution >= 4 is 38.6 Å². The zero-order chi connectivity index (χ0) is 21.6. The maximum Gasteiger partial charge on any atom is 0.273 e. The molecule has 2 amide bonds. The van der Waals surface area contributed by atoms with Gasteiger partial charge in [0.25, 0.3) is 11.8 Å². The fraction of sp³-hybridized carbons (Fsp3) is 0.429. The monoisotopic (exact) mass is 413 g/mol. The Morgan fingerprint density at radius 1 is 1.00 bits per heavy atom. The molecular weight excluding hydrogens is 386 g/mol. The minimum atomic E-state index is -0.387. The Labute approximate surface area is 174 Å². The average molecular weight is 414 g/mol. The molecule has 3 rings (SSSR count). The molecule has 2 heterocycles. The quantitative estimate of drug-likeness (QED) is 0.669. The van der Waals surface area contributed by atoms with Crippen LogP contribution in [0.2, 0.25) is 0 Å². The van der Waals surface area contributed by atoms with Gasteiger partial charge in [-0.25, -0.2) is 4.68 Å². The van der Waals surface area contributed by atoms with Gasteiger partial charge in [0.05, 0.1) is 5.54 Å². The molecule has 3 aromatic rings. The van der Waals surface area contributed by atoms with Crippen LogP contribution >= 0.6 is 11.3 Å². The van der Waals surface area contributed by atoms with E-state index in [2.05, 4.69) is 20.7 Å². The smallest absolute Gasteiger partial charge is 0.273 e. The molecule has 0 aliphatic rings. The van der Waals surface area contributed by atoms with Crippen molar-refractivity contribution in [3.05, 3.63) is 41.1 Å². The van der Waals surface area contributed by atoms with E-state index >= 15 is 0 Å². The third kappa shape index (κ3) is 4.64. The van der Waals surface area contributed by atoms with E-state index in [1.165, 1.54) is 11.3 Å². The van der Waals surface area contributed by atoms with E-state index in [0.717, 1.165) is 5.56 Å². The Kier molecular flexibility index (Phi) is 5.25. The summed E-state index contributed by atoms with van der Waals surface area (Å²) in [7, 11) is 0. The number of aryl methyl sites for hydroxylation is 1. The highest BCUT2D eigenvalue weighted by Gasteiger charge is 2.28. The van der Waals surface area contributed by atoms with Crippen LogP contribution in [-0.4, -0.2) is 32.1 Å². The number of fused-ring (bicyclic) bond motifs is 1. The van der Waals surface area contributed by atoms with E-state index in [1.807, 2.05) is 60.6 Å². The number of rotatable bonds is 3. The summed E-state index contributed by atoms with van der Waals surface area (Å²) in [5.41, 5.74) is 1.78. The molecule has 2 N–H and O–H groups in total. The molecule has 0 saturated heterocycles. The fourth-order valence-electron chi connectivity index (χ4n) is 2.75. The Morgan fingerprint density at radius 3 is 2.17 bits per heavy atom. The van der Waals surface area contributed by atoms with Gasteiger partial charge in [-0.3, -0.25) is 14.9 Å². The van der Waals surface area contributed by atoms with Crippen LogP contribution in [0.25, 0.3) is 10.3 Å². The fourth-order valence-corrected chi connectivity index (χ4v) is 3.67. The van der Waals surface area contributed by atoms with Crippen LogP contribution in [0.3, 0.4) is 0 Å². The number of hydrogen-bond donors (Lipinski definition) is 2. The van der Waals surface area contributed by atoms with Gasteiger partial charge in [-0.1, -0.05) is 29.0 Å². The molecule has 0 aliphatic heterocycles. The molecule has 2 aromatic heterocycles. The van der Waals surface area contributed by atoms with Gasteiger partial charge in [0.2, 0.25) is 0 Å². The summed E-state index contributed by atoms with van der Waals surface area (Å²) in [6.45, 7) is 13.7. The number of carbonyl (C=O) groups excluding carboxylic acids is 2. The lowest BCUT2D eigenvalue weighted by Gasteiger charge is -2.20. The molecule has 0 radical (unpaired) electrons. The van der Waals surface area contributed by atoms with Crippen molar-refractivity contribution in [1.29, 1.82) is 0 Å². The maximum atomic E-state index is 12.8. The molecule has 1 aromatic carbocycles. The number of thiazole rings is 1. The number of nitrogens with zero attached hydrogens (tertiary/aromatic N) is 3. The third-order valence-electron chi connectivity index (χ3n) is 4.10. The van der Waals surface area contributed by atoms with Crippen molar-refractivity contribution in [2.45, 2.75) is 59.5 Å². The summed E-state index contributed by atoms with van der Waals surface area (Å²) in [5.74, 6) is -0.497. The van der Waals surface area contributed by atoms with Crippen LogP contribution in [0, 0.1) is 6.92 Å². The summed E-state index contributed by atoms with van der Waals surface area (Å²) in [4.78, 5) is 29.9. The van der Waals surface area contributed by atoms with Crippen molar-refractivity contribution in [3.8, 4) is 0 Å². The largest absolute Gasteiger partial charge is 0.346 e. The van der Waals surface area contributed by atoms with E-state index in [-0.39, 0.29) is 22.9 Å². The first-order chi connectivity index (χ1) is 13.3. The first-order valence-corrected chi connectivity index (χ1v) is 10.3. The van der Waals surface area contributed by atoms with Gasteiger partial charge in [0.1, 0.15) is 4.70 Å². The molecule has 8 heteroatoms.